The van der Waals surface area contributed by atoms with Gasteiger partial charge in [0.25, 0.3) is 0 Å². The van der Waals surface area contributed by atoms with E-state index in [1.165, 1.54) is 22.0 Å². The third kappa shape index (κ3) is 3.13. The van der Waals surface area contributed by atoms with Crippen molar-refractivity contribution in [2.24, 2.45) is 5.73 Å². The largest absolute Gasteiger partial charge is 0.486 e. The third-order valence-corrected chi connectivity index (χ3v) is 4.73. The van der Waals surface area contributed by atoms with Gasteiger partial charge in [-0.2, -0.15) is 4.98 Å². The zero-order chi connectivity index (χ0) is 17.4. The summed E-state index contributed by atoms with van der Waals surface area (Å²) in [6, 6.07) is 6.46. The van der Waals surface area contributed by atoms with Gasteiger partial charge in [0.15, 0.2) is 16.7 Å². The normalized spacial score (nSPS) is 16.2. The number of aromatic nitrogens is 3. The average Bonchev–Trinajstić information content (AvgIpc) is 2.99. The van der Waals surface area contributed by atoms with E-state index >= 15 is 0 Å². The number of anilines is 1. The molecule has 25 heavy (non-hydrogen) atoms. The predicted octanol–water partition coefficient (Wildman–Crippen LogP) is 3.18. The molecule has 0 aliphatic heterocycles. The number of halogens is 2. The van der Waals surface area contributed by atoms with Gasteiger partial charge in [-0.25, -0.2) is 4.98 Å². The van der Waals surface area contributed by atoms with Gasteiger partial charge in [-0.05, 0) is 41.6 Å². The van der Waals surface area contributed by atoms with Crippen molar-refractivity contribution in [3.05, 3.63) is 46.0 Å². The van der Waals surface area contributed by atoms with Crippen LogP contribution in [0.15, 0.2) is 24.4 Å². The number of hydrogen-bond donors (Lipinski definition) is 3. The second-order valence-electron chi connectivity index (χ2n) is 6.00. The average molecular weight is 378 g/mol. The first kappa shape index (κ1) is 16.4. The summed E-state index contributed by atoms with van der Waals surface area (Å²) in [5, 5.41) is 4.99. The fourth-order valence-corrected chi connectivity index (χ4v) is 3.79. The standard InChI is InChI=1S/C17H17Cl2N5O/c18-15-14(25-5-4-20)16(24-17(19)23-15)22-11-6-9-2-1-3-12-13(9)10(7-11)8-21-12/h1-3,8,11,21H,4-7,20H2,(H,22,23,24). The van der Waals surface area contributed by atoms with Crippen molar-refractivity contribution >= 4 is 39.9 Å². The molecule has 4 N–H and O–H groups in total. The smallest absolute Gasteiger partial charge is 0.226 e. The Balaban J connectivity index is 1.63. The highest BCUT2D eigenvalue weighted by Crippen LogP contribution is 2.35. The van der Waals surface area contributed by atoms with Gasteiger partial charge in [0.1, 0.15) is 6.61 Å². The lowest BCUT2D eigenvalue weighted by Crippen LogP contribution is -2.28. The predicted molar refractivity (Wildman–Crippen MR) is 99.7 cm³/mol. The van der Waals surface area contributed by atoms with Gasteiger partial charge in [0, 0.05) is 29.7 Å². The Labute approximate surface area is 154 Å². The molecule has 0 bridgehead atoms. The van der Waals surface area contributed by atoms with Crippen LogP contribution in [0.4, 0.5) is 5.82 Å². The topological polar surface area (TPSA) is 88.8 Å². The minimum Gasteiger partial charge on any atom is -0.486 e. The third-order valence-electron chi connectivity index (χ3n) is 4.31. The molecule has 1 atom stereocenters. The van der Waals surface area contributed by atoms with Crippen LogP contribution in [0.2, 0.25) is 10.4 Å². The van der Waals surface area contributed by atoms with Crippen LogP contribution in [-0.4, -0.2) is 34.1 Å². The molecular weight excluding hydrogens is 361 g/mol. The number of nitrogens with one attached hydrogen (secondary N) is 2. The number of hydrogen-bond acceptors (Lipinski definition) is 5. The molecule has 0 fully saturated rings. The molecule has 4 rings (SSSR count). The summed E-state index contributed by atoms with van der Waals surface area (Å²) in [5.74, 6) is 0.879. The molecule has 0 amide bonds. The highest BCUT2D eigenvalue weighted by atomic mass is 35.5. The van der Waals surface area contributed by atoms with E-state index in [4.69, 9.17) is 33.7 Å². The van der Waals surface area contributed by atoms with E-state index in [0.717, 1.165) is 12.8 Å². The van der Waals surface area contributed by atoms with E-state index in [9.17, 15) is 0 Å². The minimum absolute atomic E-state index is 0.0767. The second-order valence-corrected chi connectivity index (χ2v) is 6.70. The zero-order valence-electron chi connectivity index (χ0n) is 13.4. The molecule has 0 saturated carbocycles. The van der Waals surface area contributed by atoms with E-state index in [0.29, 0.717) is 24.7 Å². The molecule has 2 heterocycles. The maximum absolute atomic E-state index is 6.17. The molecule has 130 valence electrons. The second kappa shape index (κ2) is 6.71. The van der Waals surface area contributed by atoms with E-state index in [2.05, 4.69) is 44.7 Å². The number of nitrogens with zero attached hydrogens (tertiary/aromatic N) is 2. The number of H-pyrrole nitrogens is 1. The van der Waals surface area contributed by atoms with E-state index in [-0.39, 0.29) is 16.5 Å². The molecule has 8 heteroatoms. The van der Waals surface area contributed by atoms with Crippen LogP contribution in [0.25, 0.3) is 10.9 Å². The molecule has 1 unspecified atom stereocenters. The van der Waals surface area contributed by atoms with E-state index in [1.807, 2.05) is 0 Å². The van der Waals surface area contributed by atoms with Crippen LogP contribution < -0.4 is 15.8 Å². The van der Waals surface area contributed by atoms with Gasteiger partial charge >= 0.3 is 0 Å². The summed E-state index contributed by atoms with van der Waals surface area (Å²) < 4.78 is 5.62. The fraction of sp³-hybridized carbons (Fsp3) is 0.294. The summed E-state index contributed by atoms with van der Waals surface area (Å²) in [5.41, 5.74) is 9.27. The summed E-state index contributed by atoms with van der Waals surface area (Å²) in [7, 11) is 0. The first-order valence-electron chi connectivity index (χ1n) is 8.06. The first-order valence-corrected chi connectivity index (χ1v) is 8.81. The Morgan fingerprint density at radius 2 is 2.08 bits per heavy atom. The Hall–Kier alpha value is -2.02. The van der Waals surface area contributed by atoms with Crippen LogP contribution in [-0.2, 0) is 12.8 Å². The van der Waals surface area contributed by atoms with Crippen molar-refractivity contribution in [1.82, 2.24) is 15.0 Å². The first-order chi connectivity index (χ1) is 12.2. The molecule has 0 radical (unpaired) electrons. The number of ether oxygens (including phenoxy) is 1. The van der Waals surface area contributed by atoms with Crippen LogP contribution in [0.3, 0.4) is 0 Å². The summed E-state index contributed by atoms with van der Waals surface area (Å²) in [6.45, 7) is 0.696. The molecule has 1 aromatic carbocycles. The Kier molecular flexibility index (Phi) is 4.41. The number of rotatable bonds is 5. The molecule has 1 aliphatic carbocycles. The van der Waals surface area contributed by atoms with Crippen molar-refractivity contribution < 1.29 is 4.74 Å². The quantitative estimate of drug-likeness (QED) is 0.469. The maximum Gasteiger partial charge on any atom is 0.226 e. The van der Waals surface area contributed by atoms with Crippen molar-refractivity contribution in [3.8, 4) is 5.75 Å². The van der Waals surface area contributed by atoms with E-state index < -0.39 is 0 Å². The molecular formula is C17H17Cl2N5O. The van der Waals surface area contributed by atoms with Gasteiger partial charge in [0.05, 0.1) is 0 Å². The van der Waals surface area contributed by atoms with Crippen molar-refractivity contribution in [1.29, 1.82) is 0 Å². The summed E-state index contributed by atoms with van der Waals surface area (Å²) >= 11 is 12.1. The van der Waals surface area contributed by atoms with Gasteiger partial charge in [-0.3, -0.25) is 0 Å². The highest BCUT2D eigenvalue weighted by Gasteiger charge is 2.24. The van der Waals surface area contributed by atoms with Gasteiger partial charge in [0.2, 0.25) is 5.28 Å². The van der Waals surface area contributed by atoms with Crippen LogP contribution in [0, 0.1) is 0 Å². The molecule has 0 spiro atoms. The van der Waals surface area contributed by atoms with Gasteiger partial charge in [-0.1, -0.05) is 23.7 Å². The zero-order valence-corrected chi connectivity index (χ0v) is 14.9. The SMILES string of the molecule is NCCOc1c(Cl)nc(Cl)nc1NC1Cc2cccc3[nH]cc(c23)C1. The minimum atomic E-state index is 0.0767. The number of aromatic amines is 1. The van der Waals surface area contributed by atoms with Crippen LogP contribution >= 0.6 is 23.2 Å². The van der Waals surface area contributed by atoms with Crippen molar-refractivity contribution in [2.45, 2.75) is 18.9 Å². The summed E-state index contributed by atoms with van der Waals surface area (Å²) in [4.78, 5) is 11.5. The Morgan fingerprint density at radius 1 is 1.24 bits per heavy atom. The lowest BCUT2D eigenvalue weighted by molar-refractivity contribution is 0.327. The van der Waals surface area contributed by atoms with Crippen molar-refractivity contribution in [3.63, 3.8) is 0 Å². The molecule has 3 aromatic rings. The van der Waals surface area contributed by atoms with Crippen molar-refractivity contribution in [2.75, 3.05) is 18.5 Å². The Morgan fingerprint density at radius 3 is 2.92 bits per heavy atom. The summed E-state index contributed by atoms with van der Waals surface area (Å²) in [6.07, 6.45) is 3.80. The van der Waals surface area contributed by atoms with Crippen LogP contribution in [0.5, 0.6) is 5.75 Å². The molecule has 6 nitrogen and oxygen atoms in total. The van der Waals surface area contributed by atoms with Crippen LogP contribution in [0.1, 0.15) is 11.1 Å². The maximum atomic E-state index is 6.17. The van der Waals surface area contributed by atoms with Gasteiger partial charge in [-0.15, -0.1) is 0 Å². The highest BCUT2D eigenvalue weighted by molar-refractivity contribution is 6.33. The molecule has 2 aromatic heterocycles. The number of nitrogens with two attached hydrogens (primary N) is 1. The monoisotopic (exact) mass is 377 g/mol. The lowest BCUT2D eigenvalue weighted by atomic mass is 9.89. The molecule has 0 saturated heterocycles. The Bertz CT molecular complexity index is 927. The van der Waals surface area contributed by atoms with E-state index in [1.54, 1.807) is 0 Å². The lowest BCUT2D eigenvalue weighted by Gasteiger charge is -2.25. The molecule has 1 aliphatic rings. The fourth-order valence-electron chi connectivity index (χ4n) is 3.35. The number of benzene rings is 1. The van der Waals surface area contributed by atoms with Gasteiger partial charge < -0.3 is 20.8 Å².